The second kappa shape index (κ2) is 5.68. The lowest BCUT2D eigenvalue weighted by atomic mass is 10.1. The number of carbonyl (C=O) groups excluding carboxylic acids is 1. The number of nitrogens with zero attached hydrogens (tertiary/aromatic N) is 1. The predicted molar refractivity (Wildman–Crippen MR) is 89.8 cm³/mol. The largest absolute Gasteiger partial charge is 0.456 e. The van der Waals surface area contributed by atoms with Gasteiger partial charge in [-0.05, 0) is 18.2 Å². The van der Waals surface area contributed by atoms with Crippen LogP contribution in [0.1, 0.15) is 0 Å². The van der Waals surface area contributed by atoms with Gasteiger partial charge in [-0.1, -0.05) is 18.2 Å². The monoisotopic (exact) mass is 332 g/mol. The van der Waals surface area contributed by atoms with Crippen molar-refractivity contribution in [2.24, 2.45) is 0 Å². The van der Waals surface area contributed by atoms with Gasteiger partial charge in [0.2, 0.25) is 15.9 Å². The minimum Gasteiger partial charge on any atom is -0.456 e. The number of anilines is 1. The molecule has 2 aromatic carbocycles. The van der Waals surface area contributed by atoms with Crippen LogP contribution in [0, 0.1) is 0 Å². The third-order valence-electron chi connectivity index (χ3n) is 3.59. The first-order valence-corrected chi connectivity index (χ1v) is 8.82. The van der Waals surface area contributed by atoms with E-state index in [1.807, 2.05) is 30.3 Å². The molecule has 3 aromatic rings. The fourth-order valence-corrected chi connectivity index (χ4v) is 2.68. The van der Waals surface area contributed by atoms with Gasteiger partial charge in [-0.25, -0.2) is 8.42 Å². The third-order valence-corrected chi connectivity index (χ3v) is 4.86. The number of amides is 1. The van der Waals surface area contributed by atoms with Crippen LogP contribution < -0.4 is 5.32 Å². The van der Waals surface area contributed by atoms with Crippen LogP contribution in [0.5, 0.6) is 0 Å². The van der Waals surface area contributed by atoms with Crippen molar-refractivity contribution in [3.8, 4) is 0 Å². The number of benzene rings is 2. The van der Waals surface area contributed by atoms with Crippen LogP contribution in [-0.2, 0) is 14.8 Å². The second-order valence-corrected chi connectivity index (χ2v) is 7.47. The van der Waals surface area contributed by atoms with Crippen LogP contribution in [0.25, 0.3) is 21.9 Å². The number of hydrogen-bond donors (Lipinski definition) is 1. The minimum atomic E-state index is -3.39. The number of fused-ring (bicyclic) bond motifs is 3. The van der Waals surface area contributed by atoms with Crippen molar-refractivity contribution in [2.75, 3.05) is 25.2 Å². The lowest BCUT2D eigenvalue weighted by Crippen LogP contribution is -2.34. The Labute approximate surface area is 133 Å². The highest BCUT2D eigenvalue weighted by Crippen LogP contribution is 2.30. The Balaban J connectivity index is 1.84. The van der Waals surface area contributed by atoms with E-state index in [4.69, 9.17) is 4.42 Å². The molecule has 1 amide bonds. The summed E-state index contributed by atoms with van der Waals surface area (Å²) in [6, 6.07) is 13.1. The SMILES string of the molecule is CN(CC(=O)Nc1ccc2c(c1)oc1ccccc12)S(C)(=O)=O. The molecule has 6 nitrogen and oxygen atoms in total. The first-order chi connectivity index (χ1) is 10.8. The van der Waals surface area contributed by atoms with Crippen LogP contribution in [-0.4, -0.2) is 38.5 Å². The molecule has 1 N–H and O–H groups in total. The van der Waals surface area contributed by atoms with Crippen molar-refractivity contribution >= 4 is 43.6 Å². The molecule has 0 saturated carbocycles. The zero-order valence-electron chi connectivity index (χ0n) is 12.7. The smallest absolute Gasteiger partial charge is 0.239 e. The molecule has 23 heavy (non-hydrogen) atoms. The molecule has 0 radical (unpaired) electrons. The fraction of sp³-hybridized carbons (Fsp3) is 0.188. The number of para-hydroxylation sites is 1. The summed E-state index contributed by atoms with van der Waals surface area (Å²) in [7, 11) is -2.03. The Bertz CT molecular complexity index is 992. The maximum atomic E-state index is 11.9. The molecule has 0 fully saturated rings. The van der Waals surface area contributed by atoms with Crippen molar-refractivity contribution in [1.82, 2.24) is 4.31 Å². The van der Waals surface area contributed by atoms with E-state index in [1.165, 1.54) is 7.05 Å². The summed E-state index contributed by atoms with van der Waals surface area (Å²) in [6.45, 7) is -0.239. The lowest BCUT2D eigenvalue weighted by molar-refractivity contribution is -0.116. The molecule has 0 spiro atoms. The maximum Gasteiger partial charge on any atom is 0.239 e. The zero-order chi connectivity index (χ0) is 16.6. The third kappa shape index (κ3) is 3.20. The molecular weight excluding hydrogens is 316 g/mol. The second-order valence-electron chi connectivity index (χ2n) is 5.38. The van der Waals surface area contributed by atoms with Crippen LogP contribution in [0.15, 0.2) is 46.9 Å². The summed E-state index contributed by atoms with van der Waals surface area (Å²) in [5.74, 6) is -0.409. The van der Waals surface area contributed by atoms with Gasteiger partial charge in [0, 0.05) is 29.6 Å². The van der Waals surface area contributed by atoms with Crippen molar-refractivity contribution in [3.05, 3.63) is 42.5 Å². The molecule has 120 valence electrons. The number of likely N-dealkylation sites (N-methyl/N-ethyl adjacent to an activating group) is 1. The molecule has 0 bridgehead atoms. The van der Waals surface area contributed by atoms with Gasteiger partial charge in [0.25, 0.3) is 0 Å². The normalized spacial score (nSPS) is 12.1. The van der Waals surface area contributed by atoms with E-state index in [1.54, 1.807) is 12.1 Å². The minimum absolute atomic E-state index is 0.239. The van der Waals surface area contributed by atoms with E-state index in [2.05, 4.69) is 5.32 Å². The summed E-state index contributed by atoms with van der Waals surface area (Å²) in [6.07, 6.45) is 1.06. The first-order valence-electron chi connectivity index (χ1n) is 6.97. The Morgan fingerprint density at radius 1 is 1.13 bits per heavy atom. The highest BCUT2D eigenvalue weighted by molar-refractivity contribution is 7.88. The fourth-order valence-electron chi connectivity index (χ4n) is 2.32. The zero-order valence-corrected chi connectivity index (χ0v) is 13.6. The molecular formula is C16H16N2O4S. The molecule has 1 aromatic heterocycles. The Kier molecular flexibility index (Phi) is 3.83. The quantitative estimate of drug-likeness (QED) is 0.796. The van der Waals surface area contributed by atoms with Crippen molar-refractivity contribution < 1.29 is 17.6 Å². The molecule has 0 aliphatic rings. The summed E-state index contributed by atoms with van der Waals surface area (Å²) >= 11 is 0. The molecule has 3 rings (SSSR count). The van der Waals surface area contributed by atoms with Gasteiger partial charge in [-0.2, -0.15) is 4.31 Å². The Hall–Kier alpha value is -2.38. The van der Waals surface area contributed by atoms with E-state index in [-0.39, 0.29) is 6.54 Å². The van der Waals surface area contributed by atoms with Crippen molar-refractivity contribution in [3.63, 3.8) is 0 Å². The van der Waals surface area contributed by atoms with Crippen LogP contribution >= 0.6 is 0 Å². The van der Waals surface area contributed by atoms with Crippen molar-refractivity contribution in [2.45, 2.75) is 0 Å². The van der Waals surface area contributed by atoms with Gasteiger partial charge >= 0.3 is 0 Å². The average molecular weight is 332 g/mol. The lowest BCUT2D eigenvalue weighted by Gasteiger charge is -2.13. The molecule has 0 aliphatic heterocycles. The van der Waals surface area contributed by atoms with Gasteiger partial charge in [0.1, 0.15) is 11.2 Å². The number of carbonyl (C=O) groups is 1. The predicted octanol–water partition coefficient (Wildman–Crippen LogP) is 2.42. The van der Waals surface area contributed by atoms with Gasteiger partial charge in [-0.3, -0.25) is 4.79 Å². The van der Waals surface area contributed by atoms with Gasteiger partial charge in [0.05, 0.1) is 12.8 Å². The Morgan fingerprint density at radius 3 is 2.57 bits per heavy atom. The summed E-state index contributed by atoms with van der Waals surface area (Å²) < 4.78 is 29.4. The molecule has 1 heterocycles. The highest BCUT2D eigenvalue weighted by atomic mass is 32.2. The number of rotatable bonds is 4. The van der Waals surface area contributed by atoms with E-state index in [9.17, 15) is 13.2 Å². The number of nitrogens with one attached hydrogen (secondary N) is 1. The van der Waals surface area contributed by atoms with Gasteiger partial charge in [0.15, 0.2) is 0 Å². The van der Waals surface area contributed by atoms with Gasteiger partial charge < -0.3 is 9.73 Å². The van der Waals surface area contributed by atoms with Crippen molar-refractivity contribution in [1.29, 1.82) is 0 Å². The van der Waals surface area contributed by atoms with Crippen LogP contribution in [0.3, 0.4) is 0 Å². The maximum absolute atomic E-state index is 11.9. The van der Waals surface area contributed by atoms with E-state index in [0.29, 0.717) is 11.3 Å². The first kappa shape index (κ1) is 15.5. The summed E-state index contributed by atoms with van der Waals surface area (Å²) in [5, 5.41) is 4.65. The highest BCUT2D eigenvalue weighted by Gasteiger charge is 2.15. The van der Waals surface area contributed by atoms with Crippen LogP contribution in [0.4, 0.5) is 5.69 Å². The number of sulfonamides is 1. The molecule has 7 heteroatoms. The van der Waals surface area contributed by atoms with Crippen LogP contribution in [0.2, 0.25) is 0 Å². The average Bonchev–Trinajstić information content (AvgIpc) is 2.83. The van der Waals surface area contributed by atoms with E-state index >= 15 is 0 Å². The van der Waals surface area contributed by atoms with E-state index in [0.717, 1.165) is 26.9 Å². The topological polar surface area (TPSA) is 79.6 Å². The van der Waals surface area contributed by atoms with E-state index < -0.39 is 15.9 Å². The number of hydrogen-bond acceptors (Lipinski definition) is 4. The Morgan fingerprint density at radius 2 is 1.83 bits per heavy atom. The number of furan rings is 1. The summed E-state index contributed by atoms with van der Waals surface area (Å²) in [4.78, 5) is 11.9. The molecule has 0 saturated heterocycles. The standard InChI is InChI=1S/C16H16N2O4S/c1-18(23(2,20)21)10-16(19)17-11-7-8-13-12-5-3-4-6-14(12)22-15(13)9-11/h3-9H,10H2,1-2H3,(H,17,19). The summed E-state index contributed by atoms with van der Waals surface area (Å²) in [5.41, 5.74) is 2.01. The molecule has 0 unspecified atom stereocenters. The van der Waals surface area contributed by atoms with Gasteiger partial charge in [-0.15, -0.1) is 0 Å². The molecule has 0 aliphatic carbocycles. The molecule has 0 atom stereocenters.